The average Bonchev–Trinajstić information content (AvgIpc) is 3.09. The highest BCUT2D eigenvalue weighted by molar-refractivity contribution is 7.92. The maximum Gasteiger partial charge on any atom is 0.295 e. The number of hydrogen-bond acceptors (Lipinski definition) is 7. The molecule has 0 saturated heterocycles. The van der Waals surface area contributed by atoms with Crippen LogP contribution in [0.1, 0.15) is 12.8 Å². The minimum Gasteiger partial charge on any atom is -0.497 e. The van der Waals surface area contributed by atoms with Crippen LogP contribution in [-0.4, -0.2) is 26.2 Å². The highest BCUT2D eigenvalue weighted by Crippen LogP contribution is 2.40. The maximum atomic E-state index is 12.7. The SMILES string of the molecule is COc1ccc(NS(=O)(=O)c2ccc(N/N=C3\CC4C=CCC34)c([N+](=O)[O-])c2)cc1. The number of nitro groups is 1. The van der Waals surface area contributed by atoms with E-state index in [1.165, 1.54) is 19.2 Å². The first-order valence-electron chi connectivity index (χ1n) is 9.32. The summed E-state index contributed by atoms with van der Waals surface area (Å²) in [4.78, 5) is 10.7. The molecule has 2 aliphatic carbocycles. The minimum atomic E-state index is -4.01. The topological polar surface area (TPSA) is 123 Å². The van der Waals surface area contributed by atoms with E-state index in [2.05, 4.69) is 27.4 Å². The Bertz CT molecular complexity index is 1140. The number of nitro benzene ring substituents is 1. The molecule has 0 spiro atoms. The molecule has 0 radical (unpaired) electrons. The van der Waals surface area contributed by atoms with E-state index in [1.807, 2.05) is 0 Å². The van der Waals surface area contributed by atoms with Gasteiger partial charge in [0, 0.05) is 23.4 Å². The van der Waals surface area contributed by atoms with E-state index in [-0.39, 0.29) is 16.3 Å². The summed E-state index contributed by atoms with van der Waals surface area (Å²) in [7, 11) is -2.50. The molecule has 0 aromatic heterocycles. The Morgan fingerprint density at radius 3 is 2.63 bits per heavy atom. The summed E-state index contributed by atoms with van der Waals surface area (Å²) in [6.45, 7) is 0. The Morgan fingerprint density at radius 2 is 1.97 bits per heavy atom. The van der Waals surface area contributed by atoms with Crippen LogP contribution in [0, 0.1) is 22.0 Å². The number of benzene rings is 2. The van der Waals surface area contributed by atoms with Crippen LogP contribution in [0.3, 0.4) is 0 Å². The van der Waals surface area contributed by atoms with Crippen molar-refractivity contribution in [1.82, 2.24) is 0 Å². The molecule has 2 atom stereocenters. The van der Waals surface area contributed by atoms with E-state index in [4.69, 9.17) is 4.74 Å². The molecule has 2 unspecified atom stereocenters. The molecule has 2 N–H and O–H groups in total. The molecule has 0 heterocycles. The number of ether oxygens (including phenoxy) is 1. The van der Waals surface area contributed by atoms with Gasteiger partial charge in [0.2, 0.25) is 0 Å². The molecule has 10 heteroatoms. The summed E-state index contributed by atoms with van der Waals surface area (Å²) >= 11 is 0. The van der Waals surface area contributed by atoms with E-state index in [9.17, 15) is 18.5 Å². The first-order chi connectivity index (χ1) is 14.4. The monoisotopic (exact) mass is 428 g/mol. The van der Waals surface area contributed by atoms with Crippen molar-refractivity contribution in [3.63, 3.8) is 0 Å². The fraction of sp³-hybridized carbons (Fsp3) is 0.250. The summed E-state index contributed by atoms with van der Waals surface area (Å²) in [6, 6.07) is 9.99. The van der Waals surface area contributed by atoms with Gasteiger partial charge in [-0.15, -0.1) is 0 Å². The van der Waals surface area contributed by atoms with Gasteiger partial charge in [-0.2, -0.15) is 5.10 Å². The second-order valence-electron chi connectivity index (χ2n) is 7.12. The van der Waals surface area contributed by atoms with E-state index in [0.717, 1.165) is 24.6 Å². The first kappa shape index (κ1) is 19.9. The molecule has 4 rings (SSSR count). The summed E-state index contributed by atoms with van der Waals surface area (Å²) in [5.74, 6) is 1.46. The van der Waals surface area contributed by atoms with Gasteiger partial charge in [-0.05, 0) is 55.2 Å². The van der Waals surface area contributed by atoms with Crippen LogP contribution in [0.25, 0.3) is 0 Å². The van der Waals surface area contributed by atoms with Crippen LogP contribution in [0.5, 0.6) is 5.75 Å². The van der Waals surface area contributed by atoms with E-state index >= 15 is 0 Å². The number of hydrazone groups is 1. The number of hydrogen-bond donors (Lipinski definition) is 2. The minimum absolute atomic E-state index is 0.144. The second kappa shape index (κ2) is 7.79. The van der Waals surface area contributed by atoms with Crippen molar-refractivity contribution in [2.75, 3.05) is 17.3 Å². The molecule has 30 heavy (non-hydrogen) atoms. The molecule has 0 bridgehead atoms. The Kier molecular flexibility index (Phi) is 5.17. The standard InChI is InChI=1S/C20H20N4O5S/c1-29-15-7-5-14(6-8-15)23-30(27,28)16-9-10-18(20(12-16)24(25)26)21-22-19-11-13-3-2-4-17(13)19/h2-3,5-10,12-13,17,21,23H,4,11H2,1H3/b22-19+. The number of nitrogens with one attached hydrogen (secondary N) is 2. The number of sulfonamides is 1. The summed E-state index contributed by atoms with van der Waals surface area (Å²) in [5, 5.41) is 15.8. The van der Waals surface area contributed by atoms with Gasteiger partial charge in [0.05, 0.1) is 16.9 Å². The third-order valence-electron chi connectivity index (χ3n) is 5.30. The Morgan fingerprint density at radius 1 is 1.20 bits per heavy atom. The lowest BCUT2D eigenvalue weighted by molar-refractivity contribution is -0.384. The van der Waals surface area contributed by atoms with Crippen molar-refractivity contribution in [3.8, 4) is 5.75 Å². The molecular weight excluding hydrogens is 408 g/mol. The number of methoxy groups -OCH3 is 1. The third-order valence-corrected chi connectivity index (χ3v) is 6.68. The quantitative estimate of drug-likeness (QED) is 0.393. The van der Waals surface area contributed by atoms with Crippen molar-refractivity contribution in [2.24, 2.45) is 16.9 Å². The number of rotatable bonds is 7. The second-order valence-corrected chi connectivity index (χ2v) is 8.81. The zero-order valence-corrected chi connectivity index (χ0v) is 16.9. The first-order valence-corrected chi connectivity index (χ1v) is 10.8. The van der Waals surface area contributed by atoms with Gasteiger partial charge >= 0.3 is 0 Å². The lowest BCUT2D eigenvalue weighted by Crippen LogP contribution is -2.33. The molecule has 2 aromatic rings. The van der Waals surface area contributed by atoms with Crippen LogP contribution < -0.4 is 14.9 Å². The zero-order chi connectivity index (χ0) is 21.3. The van der Waals surface area contributed by atoms with E-state index < -0.39 is 14.9 Å². The van der Waals surface area contributed by atoms with Crippen LogP contribution in [0.4, 0.5) is 17.1 Å². The molecule has 0 amide bonds. The fourth-order valence-electron chi connectivity index (χ4n) is 3.59. The number of fused-ring (bicyclic) bond motifs is 1. The summed E-state index contributed by atoms with van der Waals surface area (Å²) < 4.78 is 32.8. The highest BCUT2D eigenvalue weighted by Gasteiger charge is 2.38. The molecule has 9 nitrogen and oxygen atoms in total. The van der Waals surface area contributed by atoms with Crippen molar-refractivity contribution in [3.05, 3.63) is 64.7 Å². The smallest absolute Gasteiger partial charge is 0.295 e. The van der Waals surface area contributed by atoms with Gasteiger partial charge in [-0.1, -0.05) is 12.2 Å². The van der Waals surface area contributed by atoms with Crippen molar-refractivity contribution in [2.45, 2.75) is 17.7 Å². The maximum absolute atomic E-state index is 12.7. The van der Waals surface area contributed by atoms with Gasteiger partial charge in [-0.25, -0.2) is 8.42 Å². The zero-order valence-electron chi connectivity index (χ0n) is 16.1. The molecular formula is C20H20N4O5S. The van der Waals surface area contributed by atoms with Gasteiger partial charge < -0.3 is 4.74 Å². The highest BCUT2D eigenvalue weighted by atomic mass is 32.2. The van der Waals surface area contributed by atoms with Crippen LogP contribution in [0.15, 0.2) is 64.6 Å². The molecule has 2 aromatic carbocycles. The van der Waals surface area contributed by atoms with Crippen molar-refractivity contribution < 1.29 is 18.1 Å². The molecule has 156 valence electrons. The summed E-state index contributed by atoms with van der Waals surface area (Å²) in [6.07, 6.45) is 6.05. The lowest BCUT2D eigenvalue weighted by atomic mass is 9.74. The van der Waals surface area contributed by atoms with Crippen LogP contribution in [0.2, 0.25) is 0 Å². The van der Waals surface area contributed by atoms with Crippen LogP contribution in [-0.2, 0) is 10.0 Å². The average molecular weight is 428 g/mol. The van der Waals surface area contributed by atoms with Crippen molar-refractivity contribution >= 4 is 32.8 Å². The largest absolute Gasteiger partial charge is 0.497 e. The van der Waals surface area contributed by atoms with Crippen LogP contribution >= 0.6 is 0 Å². The Balaban J connectivity index is 1.54. The predicted molar refractivity (Wildman–Crippen MR) is 113 cm³/mol. The predicted octanol–water partition coefficient (Wildman–Crippen LogP) is 3.77. The Hall–Kier alpha value is -3.40. The van der Waals surface area contributed by atoms with Gasteiger partial charge in [0.1, 0.15) is 11.4 Å². The van der Waals surface area contributed by atoms with Gasteiger partial charge in [0.25, 0.3) is 15.7 Å². The third kappa shape index (κ3) is 3.86. The lowest BCUT2D eigenvalue weighted by Gasteiger charge is -2.31. The Labute approximate surface area is 173 Å². The molecule has 0 aliphatic heterocycles. The number of allylic oxidation sites excluding steroid dienone is 2. The van der Waals surface area contributed by atoms with Crippen molar-refractivity contribution in [1.29, 1.82) is 0 Å². The normalized spacial score (nSPS) is 21.0. The van der Waals surface area contributed by atoms with E-state index in [0.29, 0.717) is 23.3 Å². The number of nitrogens with zero attached hydrogens (tertiary/aromatic N) is 2. The number of anilines is 2. The molecule has 2 aliphatic rings. The van der Waals surface area contributed by atoms with E-state index in [1.54, 1.807) is 24.3 Å². The van der Waals surface area contributed by atoms with Gasteiger partial charge in [-0.3, -0.25) is 20.3 Å². The van der Waals surface area contributed by atoms with Gasteiger partial charge in [0.15, 0.2) is 0 Å². The molecule has 1 fully saturated rings. The summed E-state index contributed by atoms with van der Waals surface area (Å²) in [5.41, 5.74) is 3.81. The fourth-order valence-corrected chi connectivity index (χ4v) is 4.67. The molecule has 1 saturated carbocycles.